The van der Waals surface area contributed by atoms with Gasteiger partial charge in [0.15, 0.2) is 0 Å². The van der Waals surface area contributed by atoms with Crippen LogP contribution in [0.2, 0.25) is 0 Å². The van der Waals surface area contributed by atoms with Gasteiger partial charge in [0.05, 0.1) is 5.69 Å². The molecular weight excluding hydrogens is 352 g/mol. The molecule has 0 amide bonds. The molecule has 2 aromatic rings. The Morgan fingerprint density at radius 3 is 2.78 bits per heavy atom. The van der Waals surface area contributed by atoms with Gasteiger partial charge in [-0.05, 0) is 66.2 Å². The molecule has 1 fully saturated rings. The minimum absolute atomic E-state index is 0.724. The minimum Gasteiger partial charge on any atom is -0.356 e. The van der Waals surface area contributed by atoms with Crippen LogP contribution in [-0.4, -0.2) is 23.1 Å². The number of piperidine rings is 1. The molecular formula is C18H23BrN4. The predicted molar refractivity (Wildman–Crippen MR) is 99.5 cm³/mol. The first-order valence-corrected chi connectivity index (χ1v) is 8.94. The summed E-state index contributed by atoms with van der Waals surface area (Å²) in [4.78, 5) is 11.5. The normalized spacial score (nSPS) is 18.1. The van der Waals surface area contributed by atoms with E-state index < -0.39 is 0 Å². The number of halogens is 1. The fourth-order valence-electron chi connectivity index (χ4n) is 3.03. The lowest BCUT2D eigenvalue weighted by atomic mass is 10.0. The van der Waals surface area contributed by atoms with Crippen molar-refractivity contribution in [3.8, 4) is 0 Å². The van der Waals surface area contributed by atoms with E-state index >= 15 is 0 Å². The highest BCUT2D eigenvalue weighted by molar-refractivity contribution is 9.10. The van der Waals surface area contributed by atoms with Crippen molar-refractivity contribution in [2.45, 2.75) is 33.6 Å². The molecule has 122 valence electrons. The monoisotopic (exact) mass is 374 g/mol. The second-order valence-corrected chi connectivity index (χ2v) is 7.31. The smallest absolute Gasteiger partial charge is 0.136 e. The van der Waals surface area contributed by atoms with Gasteiger partial charge in [-0.15, -0.1) is 0 Å². The Labute approximate surface area is 146 Å². The zero-order valence-electron chi connectivity index (χ0n) is 13.9. The lowest BCUT2D eigenvalue weighted by Gasteiger charge is -2.32. The molecule has 0 bridgehead atoms. The van der Waals surface area contributed by atoms with E-state index in [1.54, 1.807) is 0 Å². The van der Waals surface area contributed by atoms with Crippen LogP contribution in [-0.2, 0) is 0 Å². The molecule has 3 rings (SSSR count). The lowest BCUT2D eigenvalue weighted by molar-refractivity contribution is 0.444. The van der Waals surface area contributed by atoms with E-state index in [0.717, 1.165) is 46.6 Å². The van der Waals surface area contributed by atoms with Crippen molar-refractivity contribution < 1.29 is 0 Å². The highest BCUT2D eigenvalue weighted by atomic mass is 79.9. The van der Waals surface area contributed by atoms with E-state index in [-0.39, 0.29) is 0 Å². The first kappa shape index (κ1) is 16.2. The van der Waals surface area contributed by atoms with Gasteiger partial charge in [0.25, 0.3) is 0 Å². The molecule has 23 heavy (non-hydrogen) atoms. The summed E-state index contributed by atoms with van der Waals surface area (Å²) in [7, 11) is 0. The van der Waals surface area contributed by atoms with Crippen molar-refractivity contribution in [3.63, 3.8) is 0 Å². The van der Waals surface area contributed by atoms with Crippen LogP contribution in [0.1, 0.15) is 31.2 Å². The molecule has 1 aliphatic heterocycles. The highest BCUT2D eigenvalue weighted by Crippen LogP contribution is 2.28. The molecule has 5 heteroatoms. The summed E-state index contributed by atoms with van der Waals surface area (Å²) in [6.07, 6.45) is 2.54. The number of hydrogen-bond acceptors (Lipinski definition) is 4. The standard InChI is InChI=1S/C18H23BrN4/c1-12-6-7-16(15(19)9-12)22-17-10-18(21-14(3)20-17)23-8-4-5-13(2)11-23/h6-7,9-10,13H,4-5,8,11H2,1-3H3,(H,20,21,22). The molecule has 1 aromatic carbocycles. The van der Waals surface area contributed by atoms with Crippen LogP contribution in [0.5, 0.6) is 0 Å². The van der Waals surface area contributed by atoms with Crippen LogP contribution in [0, 0.1) is 19.8 Å². The Hall–Kier alpha value is -1.62. The summed E-state index contributed by atoms with van der Waals surface area (Å²) in [5.74, 6) is 3.39. The number of aromatic nitrogens is 2. The van der Waals surface area contributed by atoms with E-state index in [9.17, 15) is 0 Å². The van der Waals surface area contributed by atoms with Crippen LogP contribution in [0.4, 0.5) is 17.3 Å². The van der Waals surface area contributed by atoms with Crippen molar-refractivity contribution in [1.82, 2.24) is 9.97 Å². The van der Waals surface area contributed by atoms with Crippen molar-refractivity contribution in [1.29, 1.82) is 0 Å². The second-order valence-electron chi connectivity index (χ2n) is 6.46. The van der Waals surface area contributed by atoms with Gasteiger partial charge in [-0.25, -0.2) is 9.97 Å². The molecule has 0 spiro atoms. The van der Waals surface area contributed by atoms with Crippen LogP contribution >= 0.6 is 15.9 Å². The van der Waals surface area contributed by atoms with Crippen LogP contribution in [0.3, 0.4) is 0 Å². The molecule has 0 aliphatic carbocycles. The minimum atomic E-state index is 0.724. The van der Waals surface area contributed by atoms with E-state index in [0.29, 0.717) is 0 Å². The summed E-state index contributed by atoms with van der Waals surface area (Å²) < 4.78 is 1.04. The zero-order chi connectivity index (χ0) is 16.4. The van der Waals surface area contributed by atoms with Crippen molar-refractivity contribution >= 4 is 33.3 Å². The largest absolute Gasteiger partial charge is 0.356 e. The molecule has 0 radical (unpaired) electrons. The first-order valence-electron chi connectivity index (χ1n) is 8.15. The number of aryl methyl sites for hydroxylation is 2. The molecule has 0 saturated carbocycles. The van der Waals surface area contributed by atoms with Gasteiger partial charge in [-0.2, -0.15) is 0 Å². The van der Waals surface area contributed by atoms with Gasteiger partial charge < -0.3 is 10.2 Å². The molecule has 1 saturated heterocycles. The first-order chi connectivity index (χ1) is 11.0. The number of nitrogens with zero attached hydrogens (tertiary/aromatic N) is 3. The molecule has 1 atom stereocenters. The van der Waals surface area contributed by atoms with Gasteiger partial charge in [0.1, 0.15) is 17.5 Å². The number of benzene rings is 1. The lowest BCUT2D eigenvalue weighted by Crippen LogP contribution is -2.35. The van der Waals surface area contributed by atoms with E-state index in [4.69, 9.17) is 0 Å². The third kappa shape index (κ3) is 4.02. The van der Waals surface area contributed by atoms with E-state index in [2.05, 4.69) is 74.2 Å². The molecule has 1 aromatic heterocycles. The summed E-state index contributed by atoms with van der Waals surface area (Å²) in [6.45, 7) is 8.49. The van der Waals surface area contributed by atoms with Gasteiger partial charge >= 0.3 is 0 Å². The quantitative estimate of drug-likeness (QED) is 0.834. The third-order valence-electron chi connectivity index (χ3n) is 4.19. The maximum absolute atomic E-state index is 4.63. The number of nitrogens with one attached hydrogen (secondary N) is 1. The molecule has 1 unspecified atom stereocenters. The summed E-state index contributed by atoms with van der Waals surface area (Å²) >= 11 is 3.61. The average molecular weight is 375 g/mol. The Bertz CT molecular complexity index is 701. The van der Waals surface area contributed by atoms with Crippen LogP contribution < -0.4 is 10.2 Å². The third-order valence-corrected chi connectivity index (χ3v) is 4.85. The van der Waals surface area contributed by atoms with E-state index in [1.807, 2.05) is 6.92 Å². The summed E-state index contributed by atoms with van der Waals surface area (Å²) in [5, 5.41) is 3.41. The maximum Gasteiger partial charge on any atom is 0.136 e. The predicted octanol–water partition coefficient (Wildman–Crippen LogP) is 4.84. The fourth-order valence-corrected chi connectivity index (χ4v) is 3.63. The van der Waals surface area contributed by atoms with Crippen LogP contribution in [0.15, 0.2) is 28.7 Å². The van der Waals surface area contributed by atoms with Crippen LogP contribution in [0.25, 0.3) is 0 Å². The van der Waals surface area contributed by atoms with Crippen molar-refractivity contribution in [2.75, 3.05) is 23.3 Å². The topological polar surface area (TPSA) is 41.0 Å². The van der Waals surface area contributed by atoms with Gasteiger partial charge in [0, 0.05) is 23.6 Å². The Kier molecular flexibility index (Phi) is 4.85. The fraction of sp³-hybridized carbons (Fsp3) is 0.444. The summed E-state index contributed by atoms with van der Waals surface area (Å²) in [6, 6.07) is 8.31. The number of anilines is 3. The van der Waals surface area contributed by atoms with Gasteiger partial charge in [-0.1, -0.05) is 13.0 Å². The SMILES string of the molecule is Cc1ccc(Nc2cc(N3CCCC(C)C3)nc(C)n2)c(Br)c1. The maximum atomic E-state index is 4.63. The zero-order valence-corrected chi connectivity index (χ0v) is 15.5. The van der Waals surface area contributed by atoms with Gasteiger partial charge in [-0.3, -0.25) is 0 Å². The van der Waals surface area contributed by atoms with E-state index in [1.165, 1.54) is 18.4 Å². The molecule has 1 aliphatic rings. The van der Waals surface area contributed by atoms with Gasteiger partial charge in [0.2, 0.25) is 0 Å². The highest BCUT2D eigenvalue weighted by Gasteiger charge is 2.18. The Morgan fingerprint density at radius 2 is 2.04 bits per heavy atom. The van der Waals surface area contributed by atoms with Crippen molar-refractivity contribution in [2.24, 2.45) is 5.92 Å². The van der Waals surface area contributed by atoms with Crippen molar-refractivity contribution in [3.05, 3.63) is 40.1 Å². The Morgan fingerprint density at radius 1 is 1.22 bits per heavy atom. The Balaban J connectivity index is 1.85. The molecule has 1 N–H and O–H groups in total. The molecule has 2 heterocycles. The number of rotatable bonds is 3. The molecule has 4 nitrogen and oxygen atoms in total. The average Bonchev–Trinajstić information content (AvgIpc) is 2.50. The second kappa shape index (κ2) is 6.87. The number of hydrogen-bond donors (Lipinski definition) is 1. The summed E-state index contributed by atoms with van der Waals surface area (Å²) in [5.41, 5.74) is 2.25.